The molecule has 0 aliphatic heterocycles. The molecule has 0 radical (unpaired) electrons. The minimum absolute atomic E-state index is 0.445. The summed E-state index contributed by atoms with van der Waals surface area (Å²) in [4.78, 5) is 8.70. The largest absolute Gasteiger partial charge is 0.463 e. The van der Waals surface area contributed by atoms with Crippen LogP contribution in [0.2, 0.25) is 0 Å². The minimum atomic E-state index is 0.445. The predicted octanol–water partition coefficient (Wildman–Crippen LogP) is 4.18. The first kappa shape index (κ1) is 14.5. The summed E-state index contributed by atoms with van der Waals surface area (Å²) in [5.41, 5.74) is 6.21. The van der Waals surface area contributed by atoms with Crippen LogP contribution in [-0.2, 0) is 6.42 Å². The van der Waals surface area contributed by atoms with Crippen molar-refractivity contribution in [1.29, 1.82) is 0 Å². The zero-order valence-electron chi connectivity index (χ0n) is 13.3. The number of benzene rings is 2. The molecule has 1 heterocycles. The maximum Gasteiger partial charge on any atom is 0.316 e. The molecule has 3 heteroatoms. The average Bonchev–Trinajstić information content (AvgIpc) is 2.49. The summed E-state index contributed by atoms with van der Waals surface area (Å²) in [5, 5.41) is 1.03. The number of fused-ring (bicyclic) bond motifs is 1. The SMILES string of the molecule is Cc1cc(C)c(CCOc2ncc3ccccc3n2)c(C)c1. The van der Waals surface area contributed by atoms with Gasteiger partial charge in [0.25, 0.3) is 0 Å². The van der Waals surface area contributed by atoms with E-state index in [1.807, 2.05) is 24.3 Å². The Balaban J connectivity index is 1.70. The third-order valence-electron chi connectivity index (χ3n) is 3.89. The van der Waals surface area contributed by atoms with Gasteiger partial charge in [-0.2, -0.15) is 4.98 Å². The van der Waals surface area contributed by atoms with E-state index < -0.39 is 0 Å². The second-order valence-corrected chi connectivity index (χ2v) is 5.69. The highest BCUT2D eigenvalue weighted by Crippen LogP contribution is 2.18. The standard InChI is InChI=1S/C19H20N2O/c1-13-10-14(2)17(15(3)11-13)8-9-22-19-20-12-16-6-4-5-7-18(16)21-19/h4-7,10-12H,8-9H2,1-3H3. The van der Waals surface area contributed by atoms with Crippen LogP contribution in [0.4, 0.5) is 0 Å². The van der Waals surface area contributed by atoms with Gasteiger partial charge in [0.1, 0.15) is 0 Å². The van der Waals surface area contributed by atoms with Gasteiger partial charge in [-0.1, -0.05) is 35.9 Å². The molecule has 3 nitrogen and oxygen atoms in total. The first-order chi connectivity index (χ1) is 10.6. The van der Waals surface area contributed by atoms with E-state index in [1.54, 1.807) is 6.20 Å². The zero-order valence-corrected chi connectivity index (χ0v) is 13.3. The van der Waals surface area contributed by atoms with E-state index in [4.69, 9.17) is 4.74 Å². The summed E-state index contributed by atoms with van der Waals surface area (Å²) < 4.78 is 5.74. The molecule has 0 fully saturated rings. The molecule has 0 amide bonds. The van der Waals surface area contributed by atoms with E-state index in [9.17, 15) is 0 Å². The normalized spacial score (nSPS) is 10.9. The molecule has 112 valence electrons. The van der Waals surface area contributed by atoms with Gasteiger partial charge in [-0.25, -0.2) is 4.98 Å². The van der Waals surface area contributed by atoms with Gasteiger partial charge >= 0.3 is 6.01 Å². The molecular weight excluding hydrogens is 272 g/mol. The van der Waals surface area contributed by atoms with Crippen molar-refractivity contribution < 1.29 is 4.74 Å². The summed E-state index contributed by atoms with van der Waals surface area (Å²) >= 11 is 0. The highest BCUT2D eigenvalue weighted by molar-refractivity contribution is 5.77. The number of ether oxygens (including phenoxy) is 1. The first-order valence-electron chi connectivity index (χ1n) is 7.55. The molecule has 3 aromatic rings. The van der Waals surface area contributed by atoms with Crippen molar-refractivity contribution >= 4 is 10.9 Å². The Bertz CT molecular complexity index is 788. The Hall–Kier alpha value is -2.42. The topological polar surface area (TPSA) is 35.0 Å². The lowest BCUT2D eigenvalue weighted by molar-refractivity contribution is 0.297. The predicted molar refractivity (Wildman–Crippen MR) is 89.4 cm³/mol. The molecule has 0 saturated heterocycles. The molecule has 0 unspecified atom stereocenters. The summed E-state index contributed by atoms with van der Waals surface area (Å²) in [7, 11) is 0. The van der Waals surface area contributed by atoms with Crippen molar-refractivity contribution in [3.8, 4) is 6.01 Å². The Kier molecular flexibility index (Phi) is 4.05. The number of para-hydroxylation sites is 1. The van der Waals surface area contributed by atoms with E-state index >= 15 is 0 Å². The van der Waals surface area contributed by atoms with E-state index in [2.05, 4.69) is 42.9 Å². The Labute approximate surface area is 131 Å². The summed E-state index contributed by atoms with van der Waals surface area (Å²) in [6.07, 6.45) is 2.67. The second kappa shape index (κ2) is 6.14. The van der Waals surface area contributed by atoms with Gasteiger partial charge in [-0.05, 0) is 43.5 Å². The van der Waals surface area contributed by atoms with Crippen molar-refractivity contribution in [2.24, 2.45) is 0 Å². The van der Waals surface area contributed by atoms with Crippen LogP contribution in [0, 0.1) is 20.8 Å². The monoisotopic (exact) mass is 292 g/mol. The molecule has 0 aliphatic rings. The number of aromatic nitrogens is 2. The molecule has 0 N–H and O–H groups in total. The van der Waals surface area contributed by atoms with Crippen molar-refractivity contribution in [1.82, 2.24) is 9.97 Å². The summed E-state index contributed by atoms with van der Waals surface area (Å²) in [5.74, 6) is 0. The summed E-state index contributed by atoms with van der Waals surface area (Å²) in [6.45, 7) is 7.02. The maximum absolute atomic E-state index is 5.74. The molecule has 0 saturated carbocycles. The molecule has 0 bridgehead atoms. The van der Waals surface area contributed by atoms with Gasteiger partial charge in [-0.3, -0.25) is 0 Å². The zero-order chi connectivity index (χ0) is 15.5. The fourth-order valence-electron chi connectivity index (χ4n) is 2.87. The molecule has 0 aliphatic carbocycles. The van der Waals surface area contributed by atoms with E-state index in [0.29, 0.717) is 12.6 Å². The lowest BCUT2D eigenvalue weighted by atomic mass is 9.98. The highest BCUT2D eigenvalue weighted by Gasteiger charge is 2.05. The van der Waals surface area contributed by atoms with Crippen LogP contribution < -0.4 is 4.74 Å². The van der Waals surface area contributed by atoms with E-state index in [1.165, 1.54) is 22.3 Å². The summed E-state index contributed by atoms with van der Waals surface area (Å²) in [6, 6.07) is 12.8. The first-order valence-corrected chi connectivity index (χ1v) is 7.55. The average molecular weight is 292 g/mol. The van der Waals surface area contributed by atoms with Gasteiger partial charge in [0, 0.05) is 18.0 Å². The van der Waals surface area contributed by atoms with Crippen LogP contribution in [0.15, 0.2) is 42.6 Å². The maximum atomic E-state index is 5.74. The quantitative estimate of drug-likeness (QED) is 0.723. The molecule has 0 atom stereocenters. The number of hydrogen-bond donors (Lipinski definition) is 0. The molecule has 22 heavy (non-hydrogen) atoms. The number of hydrogen-bond acceptors (Lipinski definition) is 3. The van der Waals surface area contributed by atoms with Crippen LogP contribution in [0.25, 0.3) is 10.9 Å². The van der Waals surface area contributed by atoms with Crippen molar-refractivity contribution in [2.45, 2.75) is 27.2 Å². The number of aryl methyl sites for hydroxylation is 3. The van der Waals surface area contributed by atoms with Gasteiger partial charge in [0.05, 0.1) is 12.1 Å². The van der Waals surface area contributed by atoms with Crippen LogP contribution in [0.1, 0.15) is 22.3 Å². The fraction of sp³-hybridized carbons (Fsp3) is 0.263. The lowest BCUT2D eigenvalue weighted by Crippen LogP contribution is -2.06. The van der Waals surface area contributed by atoms with Crippen LogP contribution in [-0.4, -0.2) is 16.6 Å². The fourth-order valence-corrected chi connectivity index (χ4v) is 2.87. The Morgan fingerprint density at radius 2 is 1.73 bits per heavy atom. The van der Waals surface area contributed by atoms with Gasteiger partial charge in [-0.15, -0.1) is 0 Å². The van der Waals surface area contributed by atoms with Crippen molar-refractivity contribution in [3.63, 3.8) is 0 Å². The Morgan fingerprint density at radius 3 is 2.50 bits per heavy atom. The highest BCUT2D eigenvalue weighted by atomic mass is 16.5. The van der Waals surface area contributed by atoms with Crippen LogP contribution >= 0.6 is 0 Å². The van der Waals surface area contributed by atoms with Crippen molar-refractivity contribution in [2.75, 3.05) is 6.61 Å². The van der Waals surface area contributed by atoms with Gasteiger partial charge < -0.3 is 4.74 Å². The van der Waals surface area contributed by atoms with Crippen molar-refractivity contribution in [3.05, 3.63) is 64.8 Å². The number of nitrogens with zero attached hydrogens (tertiary/aromatic N) is 2. The minimum Gasteiger partial charge on any atom is -0.463 e. The smallest absolute Gasteiger partial charge is 0.316 e. The van der Waals surface area contributed by atoms with Gasteiger partial charge in [0.15, 0.2) is 0 Å². The third kappa shape index (κ3) is 3.08. The third-order valence-corrected chi connectivity index (χ3v) is 3.89. The molecule has 3 rings (SSSR count). The second-order valence-electron chi connectivity index (χ2n) is 5.69. The van der Waals surface area contributed by atoms with E-state index in [0.717, 1.165) is 17.3 Å². The number of rotatable bonds is 4. The molecule has 2 aromatic carbocycles. The Morgan fingerprint density at radius 1 is 1.00 bits per heavy atom. The molecule has 1 aromatic heterocycles. The lowest BCUT2D eigenvalue weighted by Gasteiger charge is -2.11. The van der Waals surface area contributed by atoms with Crippen LogP contribution in [0.3, 0.4) is 0 Å². The molecule has 0 spiro atoms. The van der Waals surface area contributed by atoms with E-state index in [-0.39, 0.29) is 0 Å². The molecular formula is C19H20N2O. The van der Waals surface area contributed by atoms with Crippen LogP contribution in [0.5, 0.6) is 6.01 Å². The van der Waals surface area contributed by atoms with Gasteiger partial charge in [0.2, 0.25) is 0 Å².